The summed E-state index contributed by atoms with van der Waals surface area (Å²) in [6, 6.07) is 18.6. The maximum atomic E-state index is 13.8. The van der Waals surface area contributed by atoms with E-state index in [2.05, 4.69) is 5.32 Å². The standard InChI is InChI=1S/C22H20ClF2NO/c23-19-9-10-22(27-15-17-6-2-4-8-21(17)25)18(13-19)14-26-12-11-16-5-1-3-7-20(16)24/h1-10,13,26H,11-12,14-15H2. The minimum Gasteiger partial charge on any atom is -0.488 e. The molecular formula is C22H20ClF2NO. The summed E-state index contributed by atoms with van der Waals surface area (Å²) in [6.07, 6.45) is 0.582. The lowest BCUT2D eigenvalue weighted by Gasteiger charge is -2.13. The van der Waals surface area contributed by atoms with E-state index in [1.807, 2.05) is 12.1 Å². The second kappa shape index (κ2) is 9.49. The van der Waals surface area contributed by atoms with Gasteiger partial charge in [0.15, 0.2) is 0 Å². The highest BCUT2D eigenvalue weighted by Gasteiger charge is 2.08. The molecule has 5 heteroatoms. The van der Waals surface area contributed by atoms with E-state index in [1.54, 1.807) is 42.5 Å². The zero-order valence-corrected chi connectivity index (χ0v) is 15.5. The van der Waals surface area contributed by atoms with Gasteiger partial charge in [0.05, 0.1) is 0 Å². The zero-order chi connectivity index (χ0) is 19.1. The summed E-state index contributed by atoms with van der Waals surface area (Å²) >= 11 is 6.10. The van der Waals surface area contributed by atoms with Crippen molar-refractivity contribution >= 4 is 11.6 Å². The van der Waals surface area contributed by atoms with E-state index in [0.29, 0.717) is 41.4 Å². The molecule has 3 aromatic carbocycles. The molecule has 0 atom stereocenters. The van der Waals surface area contributed by atoms with Crippen molar-refractivity contribution in [1.82, 2.24) is 5.32 Å². The molecule has 0 aliphatic heterocycles. The van der Waals surface area contributed by atoms with Gasteiger partial charge in [-0.15, -0.1) is 0 Å². The summed E-state index contributed by atoms with van der Waals surface area (Å²) in [5.41, 5.74) is 2.03. The van der Waals surface area contributed by atoms with Crippen molar-refractivity contribution in [2.24, 2.45) is 0 Å². The van der Waals surface area contributed by atoms with Gasteiger partial charge in [0, 0.05) is 22.7 Å². The summed E-state index contributed by atoms with van der Waals surface area (Å²) in [5, 5.41) is 3.87. The predicted molar refractivity (Wildman–Crippen MR) is 104 cm³/mol. The van der Waals surface area contributed by atoms with Gasteiger partial charge in [-0.05, 0) is 48.9 Å². The Labute approximate surface area is 162 Å². The Morgan fingerprint density at radius 2 is 1.48 bits per heavy atom. The second-order valence-electron chi connectivity index (χ2n) is 6.15. The molecule has 0 aliphatic carbocycles. The Hall–Kier alpha value is -2.43. The van der Waals surface area contributed by atoms with Crippen LogP contribution in [0.3, 0.4) is 0 Å². The van der Waals surface area contributed by atoms with E-state index in [-0.39, 0.29) is 18.2 Å². The Kier molecular flexibility index (Phi) is 6.80. The van der Waals surface area contributed by atoms with Crippen molar-refractivity contribution in [3.05, 3.63) is 100 Å². The highest BCUT2D eigenvalue weighted by atomic mass is 35.5. The van der Waals surface area contributed by atoms with Crippen molar-refractivity contribution in [3.8, 4) is 5.75 Å². The Morgan fingerprint density at radius 1 is 0.815 bits per heavy atom. The predicted octanol–water partition coefficient (Wildman–Crippen LogP) is 5.53. The SMILES string of the molecule is Fc1ccccc1CCNCc1cc(Cl)ccc1OCc1ccccc1F. The Bertz CT molecular complexity index is 901. The van der Waals surface area contributed by atoms with Crippen LogP contribution in [-0.2, 0) is 19.6 Å². The van der Waals surface area contributed by atoms with Crippen molar-refractivity contribution in [2.45, 2.75) is 19.6 Å². The molecule has 2 nitrogen and oxygen atoms in total. The second-order valence-corrected chi connectivity index (χ2v) is 6.59. The average molecular weight is 388 g/mol. The smallest absolute Gasteiger partial charge is 0.129 e. The molecule has 0 fully saturated rings. The first-order chi connectivity index (χ1) is 13.1. The molecule has 0 spiro atoms. The van der Waals surface area contributed by atoms with E-state index < -0.39 is 0 Å². The quantitative estimate of drug-likeness (QED) is 0.513. The van der Waals surface area contributed by atoms with E-state index in [4.69, 9.17) is 16.3 Å². The van der Waals surface area contributed by atoms with Crippen molar-refractivity contribution < 1.29 is 13.5 Å². The maximum absolute atomic E-state index is 13.8. The molecule has 0 aromatic heterocycles. The fourth-order valence-electron chi connectivity index (χ4n) is 2.75. The van der Waals surface area contributed by atoms with Gasteiger partial charge in [0.1, 0.15) is 24.0 Å². The molecule has 0 saturated heterocycles. The van der Waals surface area contributed by atoms with Crippen molar-refractivity contribution in [2.75, 3.05) is 6.54 Å². The van der Waals surface area contributed by atoms with Gasteiger partial charge in [-0.1, -0.05) is 48.0 Å². The van der Waals surface area contributed by atoms with E-state index in [1.165, 1.54) is 12.1 Å². The number of ether oxygens (including phenoxy) is 1. The van der Waals surface area contributed by atoms with Crippen molar-refractivity contribution in [3.63, 3.8) is 0 Å². The molecule has 0 aliphatic rings. The monoisotopic (exact) mass is 387 g/mol. The van der Waals surface area contributed by atoms with Crippen molar-refractivity contribution in [1.29, 1.82) is 0 Å². The molecule has 0 amide bonds. The van der Waals surface area contributed by atoms with Crippen LogP contribution in [0, 0.1) is 11.6 Å². The first-order valence-electron chi connectivity index (χ1n) is 8.72. The third-order valence-electron chi connectivity index (χ3n) is 4.21. The number of halogens is 3. The van der Waals surface area contributed by atoms with Gasteiger partial charge in [-0.25, -0.2) is 8.78 Å². The lowest BCUT2D eigenvalue weighted by molar-refractivity contribution is 0.296. The van der Waals surface area contributed by atoms with Crippen LogP contribution < -0.4 is 10.1 Å². The van der Waals surface area contributed by atoms with Gasteiger partial charge < -0.3 is 10.1 Å². The average Bonchev–Trinajstić information content (AvgIpc) is 2.67. The molecule has 140 valence electrons. The van der Waals surface area contributed by atoms with Crippen LogP contribution >= 0.6 is 11.6 Å². The van der Waals surface area contributed by atoms with Crippen LogP contribution in [0.2, 0.25) is 5.02 Å². The summed E-state index contributed by atoms with van der Waals surface area (Å²) in [4.78, 5) is 0. The number of benzene rings is 3. The number of rotatable bonds is 8. The van der Waals surface area contributed by atoms with Gasteiger partial charge >= 0.3 is 0 Å². The van der Waals surface area contributed by atoms with Crippen LogP contribution in [0.1, 0.15) is 16.7 Å². The normalized spacial score (nSPS) is 10.8. The van der Waals surface area contributed by atoms with Gasteiger partial charge in [0.25, 0.3) is 0 Å². The highest BCUT2D eigenvalue weighted by molar-refractivity contribution is 6.30. The zero-order valence-electron chi connectivity index (χ0n) is 14.7. The molecule has 27 heavy (non-hydrogen) atoms. The molecule has 0 bridgehead atoms. The molecule has 3 rings (SSSR count). The molecule has 0 unspecified atom stereocenters. The summed E-state index contributed by atoms with van der Waals surface area (Å²) in [7, 11) is 0. The van der Waals surface area contributed by atoms with Crippen LogP contribution in [0.4, 0.5) is 8.78 Å². The van der Waals surface area contributed by atoms with E-state index in [9.17, 15) is 8.78 Å². The number of hydrogen-bond donors (Lipinski definition) is 1. The van der Waals surface area contributed by atoms with Crippen LogP contribution in [-0.4, -0.2) is 6.54 Å². The molecule has 0 saturated carbocycles. The Morgan fingerprint density at radius 3 is 2.19 bits per heavy atom. The van der Waals surface area contributed by atoms with Gasteiger partial charge in [0.2, 0.25) is 0 Å². The fourth-order valence-corrected chi connectivity index (χ4v) is 2.94. The summed E-state index contributed by atoms with van der Waals surface area (Å²) in [5.74, 6) is 0.146. The first kappa shape index (κ1) is 19.3. The topological polar surface area (TPSA) is 21.3 Å². The molecule has 0 heterocycles. The minimum absolute atomic E-state index is 0.135. The lowest BCUT2D eigenvalue weighted by Crippen LogP contribution is -2.17. The van der Waals surface area contributed by atoms with Gasteiger partial charge in [-0.3, -0.25) is 0 Å². The molecule has 3 aromatic rings. The van der Waals surface area contributed by atoms with E-state index in [0.717, 1.165) is 5.56 Å². The van der Waals surface area contributed by atoms with Crippen LogP contribution in [0.25, 0.3) is 0 Å². The van der Waals surface area contributed by atoms with Crippen LogP contribution in [0.15, 0.2) is 66.7 Å². The number of nitrogens with one attached hydrogen (secondary N) is 1. The third-order valence-corrected chi connectivity index (χ3v) is 4.44. The molecular weight excluding hydrogens is 368 g/mol. The summed E-state index contributed by atoms with van der Waals surface area (Å²) in [6.45, 7) is 1.26. The first-order valence-corrected chi connectivity index (χ1v) is 9.10. The highest BCUT2D eigenvalue weighted by Crippen LogP contribution is 2.24. The van der Waals surface area contributed by atoms with Crippen LogP contribution in [0.5, 0.6) is 5.75 Å². The third kappa shape index (κ3) is 5.52. The molecule has 0 radical (unpaired) electrons. The largest absolute Gasteiger partial charge is 0.488 e. The lowest BCUT2D eigenvalue weighted by atomic mass is 10.1. The number of hydrogen-bond acceptors (Lipinski definition) is 2. The maximum Gasteiger partial charge on any atom is 0.129 e. The van der Waals surface area contributed by atoms with E-state index >= 15 is 0 Å². The summed E-state index contributed by atoms with van der Waals surface area (Å²) < 4.78 is 33.2. The molecule has 1 N–H and O–H groups in total. The fraction of sp³-hybridized carbons (Fsp3) is 0.182. The minimum atomic E-state index is -0.295. The Balaban J connectivity index is 1.59. The van der Waals surface area contributed by atoms with Gasteiger partial charge in [-0.2, -0.15) is 0 Å².